The van der Waals surface area contributed by atoms with Gasteiger partial charge < -0.3 is 4.90 Å². The minimum atomic E-state index is -0.115. The second kappa shape index (κ2) is 5.21. The summed E-state index contributed by atoms with van der Waals surface area (Å²) < 4.78 is 0. The molecule has 1 atom stereocenters. The molecule has 0 N–H and O–H groups in total. The normalized spacial score (nSPS) is 12.5. The summed E-state index contributed by atoms with van der Waals surface area (Å²) in [6, 6.07) is 19.1. The summed E-state index contributed by atoms with van der Waals surface area (Å²) in [7, 11) is 3.60. The minimum Gasteiger partial charge on any atom is -0.348 e. The maximum absolute atomic E-state index is 12.1. The van der Waals surface area contributed by atoms with E-state index in [9.17, 15) is 4.79 Å². The van der Waals surface area contributed by atoms with Crippen molar-refractivity contribution >= 4 is 27.5 Å². The Hall–Kier alpha value is -2.35. The van der Waals surface area contributed by atoms with Gasteiger partial charge in [-0.15, -0.1) is 0 Å². The van der Waals surface area contributed by atoms with Crippen LogP contribution in [0.5, 0.6) is 0 Å². The predicted octanol–water partition coefficient (Wildman–Crippen LogP) is 4.18. The summed E-state index contributed by atoms with van der Waals surface area (Å²) in [5, 5.41) is 4.87. The van der Waals surface area contributed by atoms with Gasteiger partial charge in [0.15, 0.2) is 0 Å². The molecule has 0 spiro atoms. The first-order chi connectivity index (χ1) is 10.1. The molecule has 1 amide bonds. The first kappa shape index (κ1) is 13.6. The lowest BCUT2D eigenvalue weighted by Crippen LogP contribution is -2.26. The van der Waals surface area contributed by atoms with Crippen molar-refractivity contribution < 1.29 is 4.79 Å². The van der Waals surface area contributed by atoms with Gasteiger partial charge in [0.2, 0.25) is 5.91 Å². The third-order valence-electron chi connectivity index (χ3n) is 4.04. The summed E-state index contributed by atoms with van der Waals surface area (Å²) in [6.07, 6.45) is 0. The van der Waals surface area contributed by atoms with E-state index in [0.29, 0.717) is 0 Å². The van der Waals surface area contributed by atoms with Crippen LogP contribution >= 0.6 is 0 Å². The summed E-state index contributed by atoms with van der Waals surface area (Å²) >= 11 is 0. The standard InChI is InChI=1S/C19H19NO/c1-13(19(21)20(2)3)14-8-9-17-11-15-6-4-5-7-16(15)12-18(17)10-14/h4-13H,1-3H3. The molecule has 0 aliphatic heterocycles. The molecule has 2 heteroatoms. The Kier molecular flexibility index (Phi) is 3.38. The first-order valence-electron chi connectivity index (χ1n) is 7.20. The molecule has 2 nitrogen and oxygen atoms in total. The van der Waals surface area contributed by atoms with Crippen LogP contribution in [0.1, 0.15) is 18.4 Å². The quantitative estimate of drug-likeness (QED) is 0.643. The zero-order valence-corrected chi connectivity index (χ0v) is 12.6. The maximum atomic E-state index is 12.1. The Balaban J connectivity index is 2.11. The van der Waals surface area contributed by atoms with E-state index in [-0.39, 0.29) is 11.8 Å². The Morgan fingerprint density at radius 1 is 0.857 bits per heavy atom. The number of carbonyl (C=O) groups is 1. The third kappa shape index (κ3) is 2.49. The zero-order valence-electron chi connectivity index (χ0n) is 12.6. The van der Waals surface area contributed by atoms with Crippen molar-refractivity contribution in [2.75, 3.05) is 14.1 Å². The molecule has 0 aromatic heterocycles. The van der Waals surface area contributed by atoms with E-state index in [1.807, 2.05) is 6.92 Å². The average Bonchev–Trinajstić information content (AvgIpc) is 2.50. The number of likely N-dealkylation sites (N-methyl/N-ethyl adjacent to an activating group) is 1. The Morgan fingerprint density at radius 3 is 2.05 bits per heavy atom. The average molecular weight is 277 g/mol. The van der Waals surface area contributed by atoms with E-state index >= 15 is 0 Å². The van der Waals surface area contributed by atoms with Crippen LogP contribution in [0.15, 0.2) is 54.6 Å². The molecule has 3 aromatic carbocycles. The number of amides is 1. The van der Waals surface area contributed by atoms with Crippen molar-refractivity contribution in [3.8, 4) is 0 Å². The van der Waals surface area contributed by atoms with Crippen molar-refractivity contribution in [2.24, 2.45) is 0 Å². The SMILES string of the molecule is CC(C(=O)N(C)C)c1ccc2cc3ccccc3cc2c1. The Bertz CT molecular complexity index is 820. The number of rotatable bonds is 2. The summed E-state index contributed by atoms with van der Waals surface area (Å²) in [4.78, 5) is 13.8. The van der Waals surface area contributed by atoms with Crippen LogP contribution in [0, 0.1) is 0 Å². The Labute approximate surface area is 125 Å². The van der Waals surface area contributed by atoms with Crippen LogP contribution in [0.25, 0.3) is 21.5 Å². The number of hydrogen-bond acceptors (Lipinski definition) is 1. The fourth-order valence-corrected chi connectivity index (χ4v) is 2.76. The van der Waals surface area contributed by atoms with Crippen LogP contribution < -0.4 is 0 Å². The molecule has 21 heavy (non-hydrogen) atoms. The van der Waals surface area contributed by atoms with Gasteiger partial charge in [-0.05, 0) is 46.2 Å². The molecule has 0 fully saturated rings. The highest BCUT2D eigenvalue weighted by atomic mass is 16.2. The highest BCUT2D eigenvalue weighted by molar-refractivity contribution is 5.98. The van der Waals surface area contributed by atoms with Gasteiger partial charge in [-0.3, -0.25) is 4.79 Å². The van der Waals surface area contributed by atoms with E-state index in [1.165, 1.54) is 21.5 Å². The van der Waals surface area contributed by atoms with E-state index in [0.717, 1.165) is 5.56 Å². The van der Waals surface area contributed by atoms with Gasteiger partial charge in [0, 0.05) is 14.1 Å². The monoisotopic (exact) mass is 277 g/mol. The topological polar surface area (TPSA) is 20.3 Å². The molecule has 0 bridgehead atoms. The van der Waals surface area contributed by atoms with Gasteiger partial charge in [0.25, 0.3) is 0 Å². The number of fused-ring (bicyclic) bond motifs is 2. The molecule has 3 rings (SSSR count). The highest BCUT2D eigenvalue weighted by Crippen LogP contribution is 2.26. The number of nitrogens with zero attached hydrogens (tertiary/aromatic N) is 1. The van der Waals surface area contributed by atoms with Crippen LogP contribution in [0.2, 0.25) is 0 Å². The number of carbonyl (C=O) groups excluding carboxylic acids is 1. The van der Waals surface area contributed by atoms with Crippen molar-refractivity contribution in [3.05, 3.63) is 60.2 Å². The summed E-state index contributed by atoms with van der Waals surface area (Å²) in [5.74, 6) is 0.0195. The smallest absolute Gasteiger partial charge is 0.229 e. The van der Waals surface area contributed by atoms with Gasteiger partial charge in [-0.1, -0.05) is 42.5 Å². The molecule has 0 saturated carbocycles. The predicted molar refractivity (Wildman–Crippen MR) is 88.6 cm³/mol. The molecule has 3 aromatic rings. The van der Waals surface area contributed by atoms with Gasteiger partial charge in [-0.2, -0.15) is 0 Å². The third-order valence-corrected chi connectivity index (χ3v) is 4.04. The van der Waals surface area contributed by atoms with Gasteiger partial charge in [0.05, 0.1) is 5.92 Å². The van der Waals surface area contributed by atoms with Crippen molar-refractivity contribution in [3.63, 3.8) is 0 Å². The fourth-order valence-electron chi connectivity index (χ4n) is 2.76. The molecule has 0 saturated heterocycles. The molecule has 0 aliphatic rings. The van der Waals surface area contributed by atoms with Crippen molar-refractivity contribution in [1.82, 2.24) is 4.90 Å². The number of hydrogen-bond donors (Lipinski definition) is 0. The lowest BCUT2D eigenvalue weighted by molar-refractivity contribution is -0.129. The minimum absolute atomic E-state index is 0.115. The largest absolute Gasteiger partial charge is 0.348 e. The summed E-state index contributed by atoms with van der Waals surface area (Å²) in [5.41, 5.74) is 1.07. The zero-order chi connectivity index (χ0) is 15.0. The molecule has 0 radical (unpaired) electrons. The van der Waals surface area contributed by atoms with E-state index in [2.05, 4.69) is 54.6 Å². The van der Waals surface area contributed by atoms with Gasteiger partial charge in [0.1, 0.15) is 0 Å². The summed E-state index contributed by atoms with van der Waals surface area (Å²) in [6.45, 7) is 1.96. The van der Waals surface area contributed by atoms with Crippen LogP contribution in [-0.4, -0.2) is 24.9 Å². The maximum Gasteiger partial charge on any atom is 0.229 e. The van der Waals surface area contributed by atoms with Gasteiger partial charge in [-0.25, -0.2) is 0 Å². The molecule has 1 unspecified atom stereocenters. The lowest BCUT2D eigenvalue weighted by atomic mass is 9.95. The van der Waals surface area contributed by atoms with E-state index < -0.39 is 0 Å². The van der Waals surface area contributed by atoms with Crippen molar-refractivity contribution in [1.29, 1.82) is 0 Å². The Morgan fingerprint density at radius 2 is 1.43 bits per heavy atom. The van der Waals surface area contributed by atoms with Crippen molar-refractivity contribution in [2.45, 2.75) is 12.8 Å². The van der Waals surface area contributed by atoms with E-state index in [4.69, 9.17) is 0 Å². The highest BCUT2D eigenvalue weighted by Gasteiger charge is 2.17. The second-order valence-electron chi connectivity index (χ2n) is 5.76. The lowest BCUT2D eigenvalue weighted by Gasteiger charge is -2.17. The van der Waals surface area contributed by atoms with Crippen LogP contribution in [0.3, 0.4) is 0 Å². The second-order valence-corrected chi connectivity index (χ2v) is 5.76. The molecular weight excluding hydrogens is 258 g/mol. The molecule has 0 heterocycles. The molecular formula is C19H19NO. The first-order valence-corrected chi connectivity index (χ1v) is 7.20. The molecule has 0 aliphatic carbocycles. The van der Waals surface area contributed by atoms with E-state index in [1.54, 1.807) is 19.0 Å². The van der Waals surface area contributed by atoms with Crippen LogP contribution in [-0.2, 0) is 4.79 Å². The molecule has 106 valence electrons. The van der Waals surface area contributed by atoms with Gasteiger partial charge >= 0.3 is 0 Å². The van der Waals surface area contributed by atoms with Crippen LogP contribution in [0.4, 0.5) is 0 Å². The number of benzene rings is 3. The fraction of sp³-hybridized carbons (Fsp3) is 0.211.